The van der Waals surface area contributed by atoms with Crippen LogP contribution in [0.15, 0.2) is 68.7 Å². The Morgan fingerprint density at radius 1 is 1.14 bits per heavy atom. The van der Waals surface area contributed by atoms with Crippen molar-refractivity contribution in [3.8, 4) is 5.75 Å². The fourth-order valence-corrected chi connectivity index (χ4v) is 5.07. The van der Waals surface area contributed by atoms with Crippen molar-refractivity contribution in [3.05, 3.63) is 80.4 Å². The summed E-state index contributed by atoms with van der Waals surface area (Å²) in [7, 11) is 0. The third kappa shape index (κ3) is 5.46. The fraction of sp³-hybridized carbons (Fsp3) is 0.269. The lowest BCUT2D eigenvalue weighted by atomic mass is 9.94. The van der Waals surface area contributed by atoms with Gasteiger partial charge in [0, 0.05) is 21.9 Å². The van der Waals surface area contributed by atoms with E-state index in [0.717, 1.165) is 26.3 Å². The summed E-state index contributed by atoms with van der Waals surface area (Å²) in [5.41, 5.74) is 4.72. The molecular formula is C26H26BrN3O4S. The first-order valence-corrected chi connectivity index (χ1v) is 12.8. The van der Waals surface area contributed by atoms with Gasteiger partial charge in [-0.25, -0.2) is 9.79 Å². The molecule has 1 amide bonds. The normalized spacial score (nSPS) is 16.7. The van der Waals surface area contributed by atoms with Crippen molar-refractivity contribution in [2.45, 2.75) is 33.7 Å². The first-order valence-electron chi connectivity index (χ1n) is 11.2. The summed E-state index contributed by atoms with van der Waals surface area (Å²) >= 11 is 5.02. The number of thioether (sulfide) groups is 1. The largest absolute Gasteiger partial charge is 0.483 e. The summed E-state index contributed by atoms with van der Waals surface area (Å²) in [5, 5.41) is 5.56. The number of aryl methyl sites for hydroxylation is 2. The molecule has 0 aromatic heterocycles. The molecule has 9 heteroatoms. The lowest BCUT2D eigenvalue weighted by molar-refractivity contribution is -0.139. The van der Waals surface area contributed by atoms with Crippen molar-refractivity contribution < 1.29 is 19.1 Å². The van der Waals surface area contributed by atoms with Gasteiger partial charge in [0.25, 0.3) is 5.91 Å². The van der Waals surface area contributed by atoms with E-state index in [1.165, 1.54) is 11.8 Å². The number of ether oxygens (including phenoxy) is 2. The summed E-state index contributed by atoms with van der Waals surface area (Å²) in [6.07, 6.45) is 1.89. The van der Waals surface area contributed by atoms with Gasteiger partial charge in [-0.3, -0.25) is 4.79 Å². The molecule has 2 aliphatic heterocycles. The molecule has 0 unspecified atom stereocenters. The van der Waals surface area contributed by atoms with Gasteiger partial charge in [0.2, 0.25) is 0 Å². The van der Waals surface area contributed by atoms with Crippen molar-refractivity contribution in [2.24, 2.45) is 4.99 Å². The zero-order valence-electron chi connectivity index (χ0n) is 19.9. The van der Waals surface area contributed by atoms with Gasteiger partial charge in [-0.1, -0.05) is 33.8 Å². The van der Waals surface area contributed by atoms with Crippen LogP contribution in [0.2, 0.25) is 0 Å². The molecule has 2 aliphatic rings. The number of aliphatic imine (C=N–C) groups is 1. The molecule has 0 bridgehead atoms. The highest BCUT2D eigenvalue weighted by Crippen LogP contribution is 2.44. The second-order valence-corrected chi connectivity index (χ2v) is 9.93. The smallest absolute Gasteiger partial charge is 0.338 e. The highest BCUT2D eigenvalue weighted by molar-refractivity contribution is 9.10. The lowest BCUT2D eigenvalue weighted by Gasteiger charge is -2.34. The van der Waals surface area contributed by atoms with Crippen LogP contribution in [0.25, 0.3) is 0 Å². The highest BCUT2D eigenvalue weighted by Gasteiger charge is 2.39. The Bertz CT molecular complexity index is 1270. The van der Waals surface area contributed by atoms with Gasteiger partial charge in [0.05, 0.1) is 23.9 Å². The monoisotopic (exact) mass is 555 g/mol. The van der Waals surface area contributed by atoms with Crippen LogP contribution < -0.4 is 10.1 Å². The molecule has 1 N–H and O–H groups in total. The van der Waals surface area contributed by atoms with Crippen LogP contribution in [0.1, 0.15) is 36.6 Å². The minimum atomic E-state index is -0.511. The van der Waals surface area contributed by atoms with Crippen LogP contribution in [0, 0.1) is 13.8 Å². The average molecular weight is 556 g/mol. The number of nitrogens with one attached hydrogen (secondary N) is 1. The molecule has 0 saturated heterocycles. The predicted molar refractivity (Wildman–Crippen MR) is 142 cm³/mol. The number of allylic oxidation sites excluding steroid dienone is 1. The molecular weight excluding hydrogens is 530 g/mol. The molecule has 2 aromatic rings. The Labute approximate surface area is 217 Å². The topological polar surface area (TPSA) is 80.2 Å². The summed E-state index contributed by atoms with van der Waals surface area (Å²) < 4.78 is 12.2. The summed E-state index contributed by atoms with van der Waals surface area (Å²) in [5.74, 6) is -0.210. The Morgan fingerprint density at radius 3 is 2.69 bits per heavy atom. The first-order chi connectivity index (χ1) is 16.8. The van der Waals surface area contributed by atoms with Gasteiger partial charge >= 0.3 is 5.97 Å². The summed E-state index contributed by atoms with van der Waals surface area (Å²) in [6, 6.07) is 10.8. The number of esters is 1. The van der Waals surface area contributed by atoms with E-state index in [1.807, 2.05) is 60.7 Å². The number of hydrogen-bond acceptors (Lipinski definition) is 7. The number of amidine groups is 1. The van der Waals surface area contributed by atoms with Gasteiger partial charge in [0.1, 0.15) is 5.75 Å². The molecule has 2 heterocycles. The van der Waals surface area contributed by atoms with E-state index in [-0.39, 0.29) is 19.1 Å². The molecule has 182 valence electrons. The first kappa shape index (κ1) is 25.1. The van der Waals surface area contributed by atoms with E-state index >= 15 is 0 Å². The Morgan fingerprint density at radius 2 is 1.94 bits per heavy atom. The molecule has 0 fully saturated rings. The number of hydrogen-bond donors (Lipinski definition) is 1. The minimum Gasteiger partial charge on any atom is -0.483 e. The molecule has 1 atom stereocenters. The average Bonchev–Trinajstić information content (AvgIpc) is 3.28. The second kappa shape index (κ2) is 10.7. The fourth-order valence-electron chi connectivity index (χ4n) is 3.90. The Kier molecular flexibility index (Phi) is 7.66. The number of anilines is 1. The van der Waals surface area contributed by atoms with E-state index in [2.05, 4.69) is 26.2 Å². The van der Waals surface area contributed by atoms with Crippen LogP contribution in [0.4, 0.5) is 5.69 Å². The van der Waals surface area contributed by atoms with Crippen LogP contribution in [0.3, 0.4) is 0 Å². The van der Waals surface area contributed by atoms with Crippen LogP contribution >= 0.6 is 27.7 Å². The molecule has 0 spiro atoms. The molecule has 0 aliphatic carbocycles. The van der Waals surface area contributed by atoms with E-state index < -0.39 is 12.0 Å². The molecule has 2 aromatic carbocycles. The highest BCUT2D eigenvalue weighted by atomic mass is 79.9. The molecule has 0 saturated carbocycles. The van der Waals surface area contributed by atoms with Crippen LogP contribution in [0.5, 0.6) is 5.75 Å². The molecule has 35 heavy (non-hydrogen) atoms. The molecule has 4 rings (SSSR count). The van der Waals surface area contributed by atoms with Crippen LogP contribution in [-0.2, 0) is 14.3 Å². The summed E-state index contributed by atoms with van der Waals surface area (Å²) in [4.78, 5) is 32.2. The van der Waals surface area contributed by atoms with E-state index in [9.17, 15) is 9.59 Å². The number of carbonyl (C=O) groups is 2. The second-order valence-electron chi connectivity index (χ2n) is 8.14. The third-order valence-corrected chi connectivity index (χ3v) is 7.00. The lowest BCUT2D eigenvalue weighted by Crippen LogP contribution is -2.34. The molecule has 0 radical (unpaired) electrons. The number of amides is 1. The Hall–Kier alpha value is -3.04. The van der Waals surface area contributed by atoms with Crippen molar-refractivity contribution in [2.75, 3.05) is 18.5 Å². The van der Waals surface area contributed by atoms with Crippen molar-refractivity contribution >= 4 is 50.4 Å². The van der Waals surface area contributed by atoms with Gasteiger partial charge < -0.3 is 19.7 Å². The number of benzene rings is 2. The van der Waals surface area contributed by atoms with E-state index in [1.54, 1.807) is 19.9 Å². The third-order valence-electron chi connectivity index (χ3n) is 5.73. The zero-order chi connectivity index (χ0) is 25.1. The SMILES string of the molecule is CCOC(=O)C1=C(C)N=C2SC=CN2[C@@H]1c1cc(Br)ccc1OCC(=O)Nc1ccc(C)c(C)c1. The minimum absolute atomic E-state index is 0.183. The maximum absolute atomic E-state index is 13.0. The van der Waals surface area contributed by atoms with Crippen molar-refractivity contribution in [1.29, 1.82) is 0 Å². The summed E-state index contributed by atoms with van der Waals surface area (Å²) in [6.45, 7) is 7.67. The van der Waals surface area contributed by atoms with Gasteiger partial charge in [-0.2, -0.15) is 0 Å². The number of halogens is 1. The van der Waals surface area contributed by atoms with Gasteiger partial charge in [-0.15, -0.1) is 0 Å². The van der Waals surface area contributed by atoms with Crippen molar-refractivity contribution in [1.82, 2.24) is 4.90 Å². The van der Waals surface area contributed by atoms with Gasteiger partial charge in [-0.05, 0) is 74.6 Å². The van der Waals surface area contributed by atoms with Crippen molar-refractivity contribution in [3.63, 3.8) is 0 Å². The number of fused-ring (bicyclic) bond motifs is 1. The quantitative estimate of drug-likeness (QED) is 0.431. The molecule has 7 nitrogen and oxygen atoms in total. The van der Waals surface area contributed by atoms with Gasteiger partial charge in [0.15, 0.2) is 11.8 Å². The maximum atomic E-state index is 13.0. The zero-order valence-corrected chi connectivity index (χ0v) is 22.3. The maximum Gasteiger partial charge on any atom is 0.338 e. The number of carbonyl (C=O) groups excluding carboxylic acids is 2. The van der Waals surface area contributed by atoms with E-state index in [0.29, 0.717) is 22.7 Å². The number of nitrogens with zero attached hydrogens (tertiary/aromatic N) is 2. The van der Waals surface area contributed by atoms with Crippen LogP contribution in [-0.4, -0.2) is 35.2 Å². The Balaban J connectivity index is 1.62. The van der Waals surface area contributed by atoms with E-state index in [4.69, 9.17) is 9.47 Å². The standard InChI is InChI=1S/C26H26BrN3O4S/c1-5-33-25(32)23-17(4)28-26-30(10-11-35-26)24(23)20-13-18(27)7-9-21(20)34-14-22(31)29-19-8-6-15(2)16(3)12-19/h6-13,24H,5,14H2,1-4H3,(H,29,31)/t24-/m1/s1. The predicted octanol–water partition coefficient (Wildman–Crippen LogP) is 5.85. The number of rotatable bonds is 7.